The van der Waals surface area contributed by atoms with Gasteiger partial charge < -0.3 is 25.6 Å². The zero-order valence-corrected chi connectivity index (χ0v) is 22.3. The van der Waals surface area contributed by atoms with Crippen molar-refractivity contribution in [2.45, 2.75) is 48.7 Å². The second kappa shape index (κ2) is 11.7. The summed E-state index contributed by atoms with van der Waals surface area (Å²) in [5.41, 5.74) is 5.64. The van der Waals surface area contributed by atoms with Gasteiger partial charge in [-0.25, -0.2) is 13.2 Å². The molecule has 0 saturated carbocycles. The molecule has 0 aliphatic carbocycles. The quantitative estimate of drug-likeness (QED) is 0.374. The summed E-state index contributed by atoms with van der Waals surface area (Å²) in [6, 6.07) is 18.5. The second-order valence-electron chi connectivity index (χ2n) is 9.79. The normalized spacial score (nSPS) is 12.5. The summed E-state index contributed by atoms with van der Waals surface area (Å²) < 4.78 is 31.6. The van der Waals surface area contributed by atoms with E-state index in [2.05, 4.69) is 0 Å². The van der Waals surface area contributed by atoms with Gasteiger partial charge in [0.2, 0.25) is 9.84 Å². The number of carbonyl (C=O) groups excluding carboxylic acids is 2. The molecule has 0 unspecified atom stereocenters. The highest BCUT2D eigenvalue weighted by Gasteiger charge is 2.25. The first-order valence-electron chi connectivity index (χ1n) is 12.0. The Hall–Kier alpha value is -3.89. The van der Waals surface area contributed by atoms with Gasteiger partial charge in [-0.3, -0.25) is 4.79 Å². The molecular weight excluding hydrogens is 508 g/mol. The van der Waals surface area contributed by atoms with Crippen LogP contribution in [0.2, 0.25) is 0 Å². The second-order valence-corrected chi connectivity index (χ2v) is 11.7. The molecule has 202 valence electrons. The SMILES string of the molecule is CC(C)(C)OC(=O)N(CCc1ccc(S(=O)(=O)c2ccc(O)c(C(N)=O)c2)cc1)C[C@H](O)c1ccccc1. The first-order chi connectivity index (χ1) is 17.8. The molecule has 3 rings (SSSR count). The topological polar surface area (TPSA) is 147 Å². The number of aliphatic hydroxyl groups excluding tert-OH is 1. The van der Waals surface area contributed by atoms with Crippen molar-refractivity contribution >= 4 is 21.8 Å². The molecule has 0 fully saturated rings. The summed E-state index contributed by atoms with van der Waals surface area (Å²) >= 11 is 0. The maximum Gasteiger partial charge on any atom is 0.410 e. The number of aromatic hydroxyl groups is 1. The molecule has 1 atom stereocenters. The van der Waals surface area contributed by atoms with E-state index in [4.69, 9.17) is 10.5 Å². The van der Waals surface area contributed by atoms with Crippen LogP contribution in [0.5, 0.6) is 5.75 Å². The van der Waals surface area contributed by atoms with E-state index in [1.54, 1.807) is 57.2 Å². The first-order valence-corrected chi connectivity index (χ1v) is 13.4. The maximum atomic E-state index is 13.0. The average Bonchev–Trinajstić information content (AvgIpc) is 2.86. The third kappa shape index (κ3) is 7.33. The van der Waals surface area contributed by atoms with Crippen LogP contribution >= 0.6 is 0 Å². The van der Waals surface area contributed by atoms with E-state index in [9.17, 15) is 28.2 Å². The summed E-state index contributed by atoms with van der Waals surface area (Å²) in [6.07, 6.45) is -1.09. The summed E-state index contributed by atoms with van der Waals surface area (Å²) in [6.45, 7) is 5.53. The van der Waals surface area contributed by atoms with E-state index in [1.807, 2.05) is 6.07 Å². The number of primary amides is 1. The molecule has 0 aliphatic rings. The minimum Gasteiger partial charge on any atom is -0.507 e. The number of hydrogen-bond donors (Lipinski definition) is 3. The van der Waals surface area contributed by atoms with E-state index in [-0.39, 0.29) is 28.4 Å². The predicted octanol–water partition coefficient (Wildman–Crippen LogP) is 3.84. The fourth-order valence-electron chi connectivity index (χ4n) is 3.69. The third-order valence-corrected chi connectivity index (χ3v) is 7.44. The van der Waals surface area contributed by atoms with E-state index < -0.39 is 39.3 Å². The molecule has 9 nitrogen and oxygen atoms in total. The van der Waals surface area contributed by atoms with Gasteiger partial charge in [0.25, 0.3) is 5.91 Å². The van der Waals surface area contributed by atoms with Crippen LogP contribution in [0.25, 0.3) is 0 Å². The zero-order valence-electron chi connectivity index (χ0n) is 21.5. The minimum absolute atomic E-state index is 0.00846. The molecular formula is C28H32N2O7S. The van der Waals surface area contributed by atoms with Gasteiger partial charge in [-0.05, 0) is 68.7 Å². The number of nitrogens with zero attached hydrogens (tertiary/aromatic N) is 1. The van der Waals surface area contributed by atoms with Crippen molar-refractivity contribution in [2.24, 2.45) is 5.73 Å². The number of aliphatic hydroxyl groups is 1. The Morgan fingerprint density at radius 1 is 0.974 bits per heavy atom. The Kier molecular flexibility index (Phi) is 8.80. The van der Waals surface area contributed by atoms with Gasteiger partial charge in [-0.1, -0.05) is 42.5 Å². The number of hydrogen-bond acceptors (Lipinski definition) is 7. The fourth-order valence-corrected chi connectivity index (χ4v) is 4.97. The summed E-state index contributed by atoms with van der Waals surface area (Å²) in [5, 5.41) is 20.4. The van der Waals surface area contributed by atoms with Crippen LogP contribution in [0.1, 0.15) is 48.4 Å². The van der Waals surface area contributed by atoms with Crippen LogP contribution in [0, 0.1) is 0 Å². The molecule has 0 aliphatic heterocycles. The Labute approximate surface area is 222 Å². The monoisotopic (exact) mass is 540 g/mol. The van der Waals surface area contributed by atoms with Gasteiger partial charge in [0.15, 0.2) is 0 Å². The number of phenols is 1. The van der Waals surface area contributed by atoms with Crippen molar-refractivity contribution in [3.8, 4) is 5.75 Å². The molecule has 0 saturated heterocycles. The lowest BCUT2D eigenvalue weighted by Gasteiger charge is -2.29. The number of ether oxygens (including phenoxy) is 1. The number of rotatable bonds is 9. The van der Waals surface area contributed by atoms with Gasteiger partial charge in [0.05, 0.1) is 28.0 Å². The highest BCUT2D eigenvalue weighted by Crippen LogP contribution is 2.26. The molecule has 3 aromatic carbocycles. The van der Waals surface area contributed by atoms with Gasteiger partial charge in [-0.2, -0.15) is 0 Å². The molecule has 2 amide bonds. The molecule has 0 aromatic heterocycles. The Bertz CT molecular complexity index is 1380. The predicted molar refractivity (Wildman–Crippen MR) is 141 cm³/mol. The highest BCUT2D eigenvalue weighted by molar-refractivity contribution is 7.91. The van der Waals surface area contributed by atoms with Gasteiger partial charge in [-0.15, -0.1) is 0 Å². The van der Waals surface area contributed by atoms with Crippen molar-refractivity contribution in [1.82, 2.24) is 4.90 Å². The number of sulfone groups is 1. The summed E-state index contributed by atoms with van der Waals surface area (Å²) in [5.74, 6) is -1.35. The van der Waals surface area contributed by atoms with Gasteiger partial charge in [0.1, 0.15) is 11.4 Å². The van der Waals surface area contributed by atoms with E-state index >= 15 is 0 Å². The van der Waals surface area contributed by atoms with Gasteiger partial charge >= 0.3 is 6.09 Å². The molecule has 4 N–H and O–H groups in total. The van der Waals surface area contributed by atoms with Crippen molar-refractivity contribution in [3.05, 3.63) is 89.5 Å². The van der Waals surface area contributed by atoms with Gasteiger partial charge in [0, 0.05) is 6.54 Å². The van der Waals surface area contributed by atoms with E-state index in [1.165, 1.54) is 23.1 Å². The minimum atomic E-state index is -3.98. The zero-order chi connectivity index (χ0) is 28.1. The molecule has 0 radical (unpaired) electrons. The van der Waals surface area contributed by atoms with Crippen LogP contribution in [-0.4, -0.2) is 54.2 Å². The van der Waals surface area contributed by atoms with Crippen LogP contribution in [0.4, 0.5) is 4.79 Å². The van der Waals surface area contributed by atoms with Crippen LogP contribution in [0.3, 0.4) is 0 Å². The lowest BCUT2D eigenvalue weighted by molar-refractivity contribution is 0.0147. The third-order valence-electron chi connectivity index (χ3n) is 5.68. The Balaban J connectivity index is 1.76. The number of benzene rings is 3. The van der Waals surface area contributed by atoms with Crippen molar-refractivity contribution < 1.29 is 33.0 Å². The average molecular weight is 541 g/mol. The Morgan fingerprint density at radius 3 is 2.16 bits per heavy atom. The van der Waals surface area contributed by atoms with Crippen LogP contribution in [0.15, 0.2) is 82.6 Å². The molecule has 0 heterocycles. The molecule has 3 aromatic rings. The van der Waals surface area contributed by atoms with Crippen molar-refractivity contribution in [1.29, 1.82) is 0 Å². The maximum absolute atomic E-state index is 13.0. The van der Waals surface area contributed by atoms with Crippen LogP contribution < -0.4 is 5.73 Å². The first kappa shape index (κ1) is 28.7. The largest absolute Gasteiger partial charge is 0.507 e. The van der Waals surface area contributed by atoms with E-state index in [0.29, 0.717) is 12.0 Å². The number of amides is 2. The van der Waals surface area contributed by atoms with Crippen LogP contribution in [-0.2, 0) is 21.0 Å². The lowest BCUT2D eigenvalue weighted by atomic mass is 10.1. The van der Waals surface area contributed by atoms with Crippen molar-refractivity contribution in [2.75, 3.05) is 13.1 Å². The molecule has 0 spiro atoms. The smallest absolute Gasteiger partial charge is 0.410 e. The van der Waals surface area contributed by atoms with E-state index in [0.717, 1.165) is 17.7 Å². The Morgan fingerprint density at radius 2 is 1.58 bits per heavy atom. The lowest BCUT2D eigenvalue weighted by Crippen LogP contribution is -2.40. The standard InChI is InChI=1S/C28H32N2O7S/c1-28(2,3)37-27(34)30(18-25(32)20-7-5-4-6-8-20)16-15-19-9-11-21(12-10-19)38(35,36)22-13-14-24(31)23(17-22)26(29)33/h4-14,17,25,31-32H,15-16,18H2,1-3H3,(H2,29,33)/t25-/m0/s1. The highest BCUT2D eigenvalue weighted by atomic mass is 32.2. The molecule has 10 heteroatoms. The summed E-state index contributed by atoms with van der Waals surface area (Å²) in [4.78, 5) is 25.6. The number of nitrogens with two attached hydrogens (primary N) is 1. The summed E-state index contributed by atoms with van der Waals surface area (Å²) in [7, 11) is -3.98. The number of carbonyl (C=O) groups is 2. The molecule has 0 bridgehead atoms. The fraction of sp³-hybridized carbons (Fsp3) is 0.286. The van der Waals surface area contributed by atoms with Crippen molar-refractivity contribution in [3.63, 3.8) is 0 Å². The molecule has 38 heavy (non-hydrogen) atoms.